The van der Waals surface area contributed by atoms with Gasteiger partial charge in [0, 0.05) is 0 Å². The predicted octanol–water partition coefficient (Wildman–Crippen LogP) is 0.975. The molecule has 0 aliphatic heterocycles. The van der Waals surface area contributed by atoms with Crippen LogP contribution in [0.5, 0.6) is 0 Å². The van der Waals surface area contributed by atoms with Crippen LogP contribution >= 0.6 is 0 Å². The van der Waals surface area contributed by atoms with E-state index in [1.165, 1.54) is 0 Å². The second-order valence-electron chi connectivity index (χ2n) is 4.95. The molecule has 5 heteroatoms. The lowest BCUT2D eigenvalue weighted by Crippen LogP contribution is -2.51. The smallest absolute Gasteiger partial charge is 0.326 e. The molecule has 0 aliphatic rings. The standard InChI is InChI=1S/C12H24N2O3/c1-5-8(4)10(12(16)17)14-11(15)9(13)6-7(2)3/h7-10H,5-6,13H2,1-4H3,(H,14,15)(H,16,17)/t8?,9-,10+/m1/s1. The molecule has 0 saturated carbocycles. The van der Waals surface area contributed by atoms with Crippen LogP contribution in [0.1, 0.15) is 40.5 Å². The summed E-state index contributed by atoms with van der Waals surface area (Å²) in [5.41, 5.74) is 5.70. The largest absolute Gasteiger partial charge is 0.480 e. The Morgan fingerprint density at radius 2 is 1.82 bits per heavy atom. The molecule has 0 aromatic rings. The van der Waals surface area contributed by atoms with Gasteiger partial charge >= 0.3 is 5.97 Å². The highest BCUT2D eigenvalue weighted by Crippen LogP contribution is 2.09. The fourth-order valence-electron chi connectivity index (χ4n) is 1.56. The number of carbonyl (C=O) groups is 2. The van der Waals surface area contributed by atoms with Crippen LogP contribution < -0.4 is 11.1 Å². The minimum absolute atomic E-state index is 0.109. The molecule has 3 atom stereocenters. The van der Waals surface area contributed by atoms with Crippen molar-refractivity contribution in [3.05, 3.63) is 0 Å². The Morgan fingerprint density at radius 1 is 1.29 bits per heavy atom. The number of aliphatic carboxylic acids is 1. The van der Waals surface area contributed by atoms with Crippen molar-refractivity contribution in [1.82, 2.24) is 5.32 Å². The van der Waals surface area contributed by atoms with Gasteiger partial charge in [-0.2, -0.15) is 0 Å². The molecular weight excluding hydrogens is 220 g/mol. The Bertz CT molecular complexity index is 266. The van der Waals surface area contributed by atoms with Crippen molar-refractivity contribution in [2.45, 2.75) is 52.6 Å². The summed E-state index contributed by atoms with van der Waals surface area (Å²) in [7, 11) is 0. The lowest BCUT2D eigenvalue weighted by Gasteiger charge is -2.22. The quantitative estimate of drug-likeness (QED) is 0.622. The summed E-state index contributed by atoms with van der Waals surface area (Å²) >= 11 is 0. The topological polar surface area (TPSA) is 92.4 Å². The van der Waals surface area contributed by atoms with Gasteiger partial charge in [-0.25, -0.2) is 4.79 Å². The lowest BCUT2D eigenvalue weighted by molar-refractivity contribution is -0.143. The maximum atomic E-state index is 11.7. The maximum absolute atomic E-state index is 11.7. The first-order valence-electron chi connectivity index (χ1n) is 6.08. The van der Waals surface area contributed by atoms with E-state index in [1.54, 1.807) is 6.92 Å². The van der Waals surface area contributed by atoms with Gasteiger partial charge in [0.15, 0.2) is 0 Å². The molecule has 0 saturated heterocycles. The third-order valence-corrected chi connectivity index (χ3v) is 2.84. The van der Waals surface area contributed by atoms with Crippen molar-refractivity contribution in [1.29, 1.82) is 0 Å². The van der Waals surface area contributed by atoms with E-state index in [1.807, 2.05) is 20.8 Å². The minimum Gasteiger partial charge on any atom is -0.480 e. The summed E-state index contributed by atoms with van der Waals surface area (Å²) in [6, 6.07) is -1.49. The van der Waals surface area contributed by atoms with Crippen LogP contribution in [0.4, 0.5) is 0 Å². The summed E-state index contributed by atoms with van der Waals surface area (Å²) in [4.78, 5) is 22.7. The SMILES string of the molecule is CCC(C)[C@H](NC(=O)[C@H](N)CC(C)C)C(=O)O. The average molecular weight is 244 g/mol. The number of carboxylic acids is 1. The van der Waals surface area contributed by atoms with Crippen LogP contribution in [-0.2, 0) is 9.59 Å². The number of hydrogen-bond donors (Lipinski definition) is 3. The van der Waals surface area contributed by atoms with Crippen molar-refractivity contribution in [2.75, 3.05) is 0 Å². The van der Waals surface area contributed by atoms with Gasteiger partial charge in [-0.05, 0) is 18.3 Å². The molecule has 0 aromatic heterocycles. The van der Waals surface area contributed by atoms with E-state index in [0.29, 0.717) is 18.8 Å². The highest BCUT2D eigenvalue weighted by molar-refractivity contribution is 5.86. The first-order chi connectivity index (χ1) is 7.79. The predicted molar refractivity (Wildman–Crippen MR) is 66.5 cm³/mol. The number of amides is 1. The zero-order valence-electron chi connectivity index (χ0n) is 11.1. The molecule has 0 radical (unpaired) electrons. The fraction of sp³-hybridized carbons (Fsp3) is 0.833. The summed E-state index contributed by atoms with van der Waals surface area (Å²) in [6.45, 7) is 7.63. The highest BCUT2D eigenvalue weighted by Gasteiger charge is 2.27. The number of carboxylic acid groups (broad SMARTS) is 1. The van der Waals surface area contributed by atoms with E-state index in [-0.39, 0.29) is 11.8 Å². The second kappa shape index (κ2) is 7.27. The number of hydrogen-bond acceptors (Lipinski definition) is 3. The van der Waals surface area contributed by atoms with Crippen molar-refractivity contribution < 1.29 is 14.7 Å². The van der Waals surface area contributed by atoms with Gasteiger partial charge in [0.25, 0.3) is 0 Å². The van der Waals surface area contributed by atoms with Crippen LogP contribution in [0.3, 0.4) is 0 Å². The van der Waals surface area contributed by atoms with Gasteiger partial charge in [-0.1, -0.05) is 34.1 Å². The molecule has 0 bridgehead atoms. The molecule has 0 aliphatic carbocycles. The van der Waals surface area contributed by atoms with Crippen LogP contribution in [0, 0.1) is 11.8 Å². The van der Waals surface area contributed by atoms with Crippen molar-refractivity contribution in [2.24, 2.45) is 17.6 Å². The van der Waals surface area contributed by atoms with Gasteiger partial charge in [-0.3, -0.25) is 4.79 Å². The third kappa shape index (κ3) is 5.68. The molecule has 0 rings (SSSR count). The van der Waals surface area contributed by atoms with Crippen molar-refractivity contribution in [3.8, 4) is 0 Å². The average Bonchev–Trinajstić information content (AvgIpc) is 2.22. The van der Waals surface area contributed by atoms with Gasteiger partial charge in [0.1, 0.15) is 6.04 Å². The van der Waals surface area contributed by atoms with E-state index in [2.05, 4.69) is 5.32 Å². The highest BCUT2D eigenvalue weighted by atomic mass is 16.4. The maximum Gasteiger partial charge on any atom is 0.326 e. The van der Waals surface area contributed by atoms with Crippen molar-refractivity contribution >= 4 is 11.9 Å². The summed E-state index contributed by atoms with van der Waals surface area (Å²) < 4.78 is 0. The van der Waals surface area contributed by atoms with Gasteiger partial charge in [0.2, 0.25) is 5.91 Å². The van der Waals surface area contributed by atoms with Crippen LogP contribution in [0.25, 0.3) is 0 Å². The molecule has 0 heterocycles. The van der Waals surface area contributed by atoms with E-state index >= 15 is 0 Å². The molecule has 0 spiro atoms. The summed E-state index contributed by atoms with van der Waals surface area (Å²) in [6.07, 6.45) is 1.25. The van der Waals surface area contributed by atoms with Crippen molar-refractivity contribution in [3.63, 3.8) is 0 Å². The van der Waals surface area contributed by atoms with Crippen LogP contribution in [0.15, 0.2) is 0 Å². The molecule has 1 unspecified atom stereocenters. The molecule has 5 nitrogen and oxygen atoms in total. The molecule has 1 amide bonds. The number of nitrogens with one attached hydrogen (secondary N) is 1. The zero-order valence-corrected chi connectivity index (χ0v) is 11.1. The Morgan fingerprint density at radius 3 is 2.18 bits per heavy atom. The molecule has 17 heavy (non-hydrogen) atoms. The Labute approximate surface area is 103 Å². The fourth-order valence-corrected chi connectivity index (χ4v) is 1.56. The number of nitrogens with two attached hydrogens (primary N) is 1. The molecule has 0 aromatic carbocycles. The summed E-state index contributed by atoms with van der Waals surface area (Å²) in [5, 5.41) is 11.5. The lowest BCUT2D eigenvalue weighted by atomic mass is 9.98. The molecule has 100 valence electrons. The van der Waals surface area contributed by atoms with E-state index in [0.717, 1.165) is 0 Å². The molecule has 0 fully saturated rings. The van der Waals surface area contributed by atoms with Crippen LogP contribution in [-0.4, -0.2) is 29.1 Å². The number of rotatable bonds is 7. The number of carbonyl (C=O) groups excluding carboxylic acids is 1. The third-order valence-electron chi connectivity index (χ3n) is 2.84. The van der Waals surface area contributed by atoms with Gasteiger partial charge < -0.3 is 16.2 Å². The zero-order chi connectivity index (χ0) is 13.6. The second-order valence-corrected chi connectivity index (χ2v) is 4.95. The first kappa shape index (κ1) is 15.9. The van der Waals surface area contributed by atoms with Gasteiger partial charge in [-0.15, -0.1) is 0 Å². The van der Waals surface area contributed by atoms with Crippen LogP contribution in [0.2, 0.25) is 0 Å². The Balaban J connectivity index is 4.45. The first-order valence-corrected chi connectivity index (χ1v) is 6.08. The molecule has 4 N–H and O–H groups in total. The summed E-state index contributed by atoms with van der Waals surface area (Å²) in [5.74, 6) is -1.19. The minimum atomic E-state index is -1.01. The Hall–Kier alpha value is -1.10. The monoisotopic (exact) mass is 244 g/mol. The van der Waals surface area contributed by atoms with E-state index in [9.17, 15) is 9.59 Å². The van der Waals surface area contributed by atoms with Gasteiger partial charge in [0.05, 0.1) is 6.04 Å². The normalized spacial score (nSPS) is 16.4. The Kier molecular flexibility index (Phi) is 6.80. The molecular formula is C12H24N2O3. The van der Waals surface area contributed by atoms with E-state index in [4.69, 9.17) is 10.8 Å². The van der Waals surface area contributed by atoms with E-state index < -0.39 is 18.1 Å².